The van der Waals surface area contributed by atoms with Crippen molar-refractivity contribution < 1.29 is 28.7 Å². The number of aryl methyl sites for hydroxylation is 1. The van der Waals surface area contributed by atoms with E-state index in [9.17, 15) is 14.7 Å². The van der Waals surface area contributed by atoms with Gasteiger partial charge in [0.25, 0.3) is 5.78 Å². The second-order valence-electron chi connectivity index (χ2n) is 7.61. The number of ether oxygens (including phenoxy) is 2. The molecule has 8 heteroatoms. The molecule has 1 aliphatic heterocycles. The Labute approximate surface area is 191 Å². The first-order chi connectivity index (χ1) is 15.9. The van der Waals surface area contributed by atoms with Crippen LogP contribution in [-0.4, -0.2) is 35.7 Å². The smallest absolute Gasteiger partial charge is 0.301 e. The minimum atomic E-state index is -0.916. The molecule has 1 N–H and O–H groups in total. The van der Waals surface area contributed by atoms with Gasteiger partial charge in [-0.2, -0.15) is 0 Å². The van der Waals surface area contributed by atoms with Gasteiger partial charge < -0.3 is 19.1 Å². The standard InChI is InChI=1S/C25H24N2O6/c1-4-12-32-18-10-8-16(9-11-18)23(28)21-22(17-6-5-7-19(14-17)31-3)27(25(30)24(21)29)20-13-15(2)33-26-20/h5-11,13-14,22,28H,4,12H2,1-3H3/b23-21+/t22-/m1/s1. The predicted octanol–water partition coefficient (Wildman–Crippen LogP) is 4.41. The average Bonchev–Trinajstić information content (AvgIpc) is 3.38. The third-order valence-electron chi connectivity index (χ3n) is 5.32. The Morgan fingerprint density at radius 2 is 1.88 bits per heavy atom. The highest BCUT2D eigenvalue weighted by atomic mass is 16.5. The molecule has 1 fully saturated rings. The molecule has 0 unspecified atom stereocenters. The molecule has 1 amide bonds. The number of methoxy groups -OCH3 is 1. The van der Waals surface area contributed by atoms with E-state index >= 15 is 0 Å². The molecule has 4 rings (SSSR count). The van der Waals surface area contributed by atoms with Crippen molar-refractivity contribution in [3.63, 3.8) is 0 Å². The van der Waals surface area contributed by atoms with Gasteiger partial charge in [0.05, 0.1) is 25.3 Å². The molecule has 0 saturated carbocycles. The summed E-state index contributed by atoms with van der Waals surface area (Å²) in [5.41, 5.74) is 0.927. The number of carbonyl (C=O) groups is 2. The molecule has 0 bridgehead atoms. The van der Waals surface area contributed by atoms with Crippen LogP contribution in [0.25, 0.3) is 5.76 Å². The van der Waals surface area contributed by atoms with Gasteiger partial charge in [0.1, 0.15) is 23.0 Å². The lowest BCUT2D eigenvalue weighted by Gasteiger charge is -2.23. The van der Waals surface area contributed by atoms with Gasteiger partial charge in [0.2, 0.25) is 0 Å². The molecule has 2 heterocycles. The first kappa shape index (κ1) is 22.1. The Hall–Kier alpha value is -4.07. The van der Waals surface area contributed by atoms with Crippen molar-refractivity contribution in [1.82, 2.24) is 5.16 Å². The maximum atomic E-state index is 13.1. The molecule has 1 saturated heterocycles. The SMILES string of the molecule is CCCOc1ccc(/C(O)=C2\C(=O)C(=O)N(c3cc(C)on3)[C@@H]2c2cccc(OC)c2)cc1. The van der Waals surface area contributed by atoms with E-state index in [0.29, 0.717) is 35.0 Å². The summed E-state index contributed by atoms with van der Waals surface area (Å²) in [5, 5.41) is 15.1. The zero-order valence-electron chi connectivity index (χ0n) is 18.6. The van der Waals surface area contributed by atoms with Gasteiger partial charge in [0, 0.05) is 11.6 Å². The number of carbonyl (C=O) groups excluding carboxylic acids is 2. The monoisotopic (exact) mass is 448 g/mol. The zero-order chi connectivity index (χ0) is 23.5. The summed E-state index contributed by atoms with van der Waals surface area (Å²) in [7, 11) is 1.53. The third kappa shape index (κ3) is 4.19. The van der Waals surface area contributed by atoms with Gasteiger partial charge >= 0.3 is 5.91 Å². The predicted molar refractivity (Wildman–Crippen MR) is 121 cm³/mol. The number of nitrogens with zero attached hydrogens (tertiary/aromatic N) is 2. The van der Waals surface area contributed by atoms with Gasteiger partial charge in [-0.15, -0.1) is 0 Å². The number of hydrogen-bond acceptors (Lipinski definition) is 7. The van der Waals surface area contributed by atoms with Gasteiger partial charge in [-0.1, -0.05) is 24.2 Å². The summed E-state index contributed by atoms with van der Waals surface area (Å²) in [4.78, 5) is 27.4. The summed E-state index contributed by atoms with van der Waals surface area (Å²) < 4.78 is 16.1. The Morgan fingerprint density at radius 3 is 2.52 bits per heavy atom. The minimum absolute atomic E-state index is 0.0452. The average molecular weight is 448 g/mol. The summed E-state index contributed by atoms with van der Waals surface area (Å²) in [6.07, 6.45) is 0.868. The lowest BCUT2D eigenvalue weighted by Crippen LogP contribution is -2.29. The number of Topliss-reactive ketones (excluding diaryl/α,β-unsaturated/α-hetero) is 1. The molecule has 0 spiro atoms. The fraction of sp³-hybridized carbons (Fsp3) is 0.240. The fourth-order valence-electron chi connectivity index (χ4n) is 3.75. The summed E-state index contributed by atoms with van der Waals surface area (Å²) in [6, 6.07) is 14.4. The molecule has 0 radical (unpaired) electrons. The zero-order valence-corrected chi connectivity index (χ0v) is 18.6. The normalized spacial score (nSPS) is 17.4. The molecule has 170 valence electrons. The first-order valence-electron chi connectivity index (χ1n) is 10.6. The van der Waals surface area contributed by atoms with E-state index in [1.165, 1.54) is 12.0 Å². The van der Waals surface area contributed by atoms with Crippen LogP contribution in [0.3, 0.4) is 0 Å². The van der Waals surface area contributed by atoms with E-state index in [2.05, 4.69) is 5.16 Å². The molecular weight excluding hydrogens is 424 g/mol. The molecule has 33 heavy (non-hydrogen) atoms. The van der Waals surface area contributed by atoms with E-state index < -0.39 is 17.7 Å². The Balaban J connectivity index is 1.85. The maximum absolute atomic E-state index is 13.1. The first-order valence-corrected chi connectivity index (χ1v) is 10.6. The molecule has 0 aliphatic carbocycles. The van der Waals surface area contributed by atoms with E-state index in [-0.39, 0.29) is 17.2 Å². The van der Waals surface area contributed by atoms with Gasteiger partial charge in [-0.25, -0.2) is 0 Å². The van der Waals surface area contributed by atoms with Crippen LogP contribution >= 0.6 is 0 Å². The number of amides is 1. The third-order valence-corrected chi connectivity index (χ3v) is 5.32. The topological polar surface area (TPSA) is 102 Å². The lowest BCUT2D eigenvalue weighted by molar-refractivity contribution is -0.132. The molecule has 1 aromatic heterocycles. The highest BCUT2D eigenvalue weighted by Gasteiger charge is 2.48. The molecular formula is C25H24N2O6. The second kappa shape index (κ2) is 9.20. The number of ketones is 1. The Bertz CT molecular complexity index is 1210. The molecule has 2 aromatic carbocycles. The lowest BCUT2D eigenvalue weighted by atomic mass is 9.95. The van der Waals surface area contributed by atoms with Gasteiger partial charge in [0.15, 0.2) is 5.82 Å². The van der Waals surface area contributed by atoms with Gasteiger partial charge in [-0.05, 0) is 55.3 Å². The number of benzene rings is 2. The van der Waals surface area contributed by atoms with Crippen LogP contribution < -0.4 is 14.4 Å². The number of aromatic nitrogens is 1. The van der Waals surface area contributed by atoms with Crippen LogP contribution in [-0.2, 0) is 9.59 Å². The number of anilines is 1. The van der Waals surface area contributed by atoms with Crippen LogP contribution in [0.15, 0.2) is 64.7 Å². The quantitative estimate of drug-likeness (QED) is 0.325. The Morgan fingerprint density at radius 1 is 1.12 bits per heavy atom. The highest BCUT2D eigenvalue weighted by Crippen LogP contribution is 2.42. The second-order valence-corrected chi connectivity index (χ2v) is 7.61. The number of hydrogen-bond donors (Lipinski definition) is 1. The van der Waals surface area contributed by atoms with E-state index in [4.69, 9.17) is 14.0 Å². The molecule has 3 aromatic rings. The number of rotatable bonds is 7. The largest absolute Gasteiger partial charge is 0.507 e. The summed E-state index contributed by atoms with van der Waals surface area (Å²) >= 11 is 0. The minimum Gasteiger partial charge on any atom is -0.507 e. The van der Waals surface area contributed by atoms with Crippen molar-refractivity contribution in [2.24, 2.45) is 0 Å². The van der Waals surface area contributed by atoms with Crippen molar-refractivity contribution in [2.45, 2.75) is 26.3 Å². The van der Waals surface area contributed by atoms with Crippen molar-refractivity contribution in [1.29, 1.82) is 0 Å². The van der Waals surface area contributed by atoms with E-state index in [1.54, 1.807) is 61.5 Å². The fourth-order valence-corrected chi connectivity index (χ4v) is 3.75. The van der Waals surface area contributed by atoms with Crippen molar-refractivity contribution in [3.05, 3.63) is 77.1 Å². The van der Waals surface area contributed by atoms with Crippen molar-refractivity contribution in [2.75, 3.05) is 18.6 Å². The van der Waals surface area contributed by atoms with E-state index in [1.807, 2.05) is 6.92 Å². The van der Waals surface area contributed by atoms with Gasteiger partial charge in [-0.3, -0.25) is 14.5 Å². The molecule has 8 nitrogen and oxygen atoms in total. The van der Waals surface area contributed by atoms with Crippen LogP contribution in [0.4, 0.5) is 5.82 Å². The van der Waals surface area contributed by atoms with Crippen LogP contribution in [0.2, 0.25) is 0 Å². The highest BCUT2D eigenvalue weighted by molar-refractivity contribution is 6.51. The summed E-state index contributed by atoms with van der Waals surface area (Å²) in [5.74, 6) is -0.0364. The van der Waals surface area contributed by atoms with Crippen LogP contribution in [0.5, 0.6) is 11.5 Å². The number of aliphatic hydroxyl groups is 1. The van der Waals surface area contributed by atoms with Crippen LogP contribution in [0.1, 0.15) is 36.3 Å². The van der Waals surface area contributed by atoms with Crippen molar-refractivity contribution >= 4 is 23.3 Å². The van der Waals surface area contributed by atoms with E-state index in [0.717, 1.165) is 6.42 Å². The Kier molecular flexibility index (Phi) is 6.17. The maximum Gasteiger partial charge on any atom is 0.301 e. The number of aliphatic hydroxyl groups excluding tert-OH is 1. The van der Waals surface area contributed by atoms with Crippen molar-refractivity contribution in [3.8, 4) is 11.5 Å². The molecule has 1 aliphatic rings. The molecule has 1 atom stereocenters. The van der Waals surface area contributed by atoms with Crippen LogP contribution in [0, 0.1) is 6.92 Å². The summed E-state index contributed by atoms with van der Waals surface area (Å²) in [6.45, 7) is 4.27.